The third-order valence-electron chi connectivity index (χ3n) is 1.01. The summed E-state index contributed by atoms with van der Waals surface area (Å²) in [4.78, 5) is 0. The molecule has 0 bridgehead atoms. The minimum Gasteiger partial charge on any atom is -0.417 e. The highest BCUT2D eigenvalue weighted by atomic mass is 32.2. The van der Waals surface area contributed by atoms with Crippen LogP contribution >= 0.6 is 25.0 Å². The fourth-order valence-corrected chi connectivity index (χ4v) is 0.752. The van der Waals surface area contributed by atoms with E-state index in [-0.39, 0.29) is 5.47 Å². The molecule has 0 amide bonds. The number of unbranched alkanes of at least 4 members (excludes halogenated alkanes) is 2. The van der Waals surface area contributed by atoms with Crippen molar-refractivity contribution in [3.8, 4) is 0 Å². The Hall–Kier alpha value is 0.725. The molecule has 0 rings (SSSR count). The van der Waals surface area contributed by atoms with Crippen molar-refractivity contribution in [2.45, 2.75) is 26.2 Å². The predicted molar refractivity (Wildman–Crippen MR) is 49.2 cm³/mol. The van der Waals surface area contributed by atoms with Gasteiger partial charge in [0.2, 0.25) is 0 Å². The Labute approximate surface area is 68.3 Å². The van der Waals surface area contributed by atoms with Crippen molar-refractivity contribution >= 4 is 30.4 Å². The Kier molecular flexibility index (Phi) is 7.39. The molecule has 0 aliphatic heterocycles. The van der Waals surface area contributed by atoms with Crippen molar-refractivity contribution in [2.24, 2.45) is 0 Å². The third kappa shape index (κ3) is 8.72. The van der Waals surface area contributed by atoms with Crippen LogP contribution in [0.25, 0.3) is 0 Å². The molecule has 1 nitrogen and oxygen atoms in total. The number of rotatable bonds is 5. The molecule has 0 saturated heterocycles. The van der Waals surface area contributed by atoms with Crippen LogP contribution in [0.5, 0.6) is 0 Å². The van der Waals surface area contributed by atoms with Crippen LogP contribution in [0.4, 0.5) is 0 Å². The number of hydrogen-bond acceptors (Lipinski definition) is 3. The summed E-state index contributed by atoms with van der Waals surface area (Å²) in [5.41, 5.74) is -0.207. The topological polar surface area (TPSA) is 9.23 Å². The van der Waals surface area contributed by atoms with Crippen LogP contribution in [0.3, 0.4) is 0 Å². The molecular formula is C5H13BOS2. The van der Waals surface area contributed by atoms with Gasteiger partial charge in [-0.3, -0.25) is 0 Å². The zero-order valence-electron chi connectivity index (χ0n) is 5.71. The van der Waals surface area contributed by atoms with Crippen LogP contribution in [-0.4, -0.2) is 12.1 Å². The lowest BCUT2D eigenvalue weighted by molar-refractivity contribution is 0.329. The van der Waals surface area contributed by atoms with Crippen molar-refractivity contribution in [3.05, 3.63) is 0 Å². The van der Waals surface area contributed by atoms with E-state index in [1.807, 2.05) is 0 Å². The molecule has 4 heteroatoms. The predicted octanol–water partition coefficient (Wildman–Crippen LogP) is 2.04. The molecule has 0 spiro atoms. The molecule has 0 aliphatic rings. The summed E-state index contributed by atoms with van der Waals surface area (Å²) in [5.74, 6) is 0. The molecule has 0 N–H and O–H groups in total. The molecule has 0 aliphatic carbocycles. The molecular weight excluding hydrogens is 151 g/mol. The number of hydrogen-bond donors (Lipinski definition) is 2. The Balaban J connectivity index is 2.75. The Morgan fingerprint density at radius 1 is 1.33 bits per heavy atom. The van der Waals surface area contributed by atoms with E-state index in [1.54, 1.807) is 0 Å². The van der Waals surface area contributed by atoms with Gasteiger partial charge in [0.1, 0.15) is 0 Å². The van der Waals surface area contributed by atoms with E-state index in [9.17, 15) is 0 Å². The summed E-state index contributed by atoms with van der Waals surface area (Å²) in [6, 6.07) is 0. The normalized spacial score (nSPS) is 9.67. The smallest absolute Gasteiger partial charge is 0.417 e. The minimum absolute atomic E-state index is 0.207. The Morgan fingerprint density at radius 2 is 2.00 bits per heavy atom. The molecule has 54 valence electrons. The van der Waals surface area contributed by atoms with Crippen molar-refractivity contribution in [3.63, 3.8) is 0 Å². The molecule has 0 heterocycles. The van der Waals surface area contributed by atoms with E-state index in [0.29, 0.717) is 0 Å². The van der Waals surface area contributed by atoms with Gasteiger partial charge in [0.05, 0.1) is 0 Å². The maximum absolute atomic E-state index is 5.07. The van der Waals surface area contributed by atoms with Gasteiger partial charge in [-0.1, -0.05) is 19.8 Å². The summed E-state index contributed by atoms with van der Waals surface area (Å²) in [6.45, 7) is 2.95. The molecule has 0 fully saturated rings. The van der Waals surface area contributed by atoms with Crippen molar-refractivity contribution in [1.29, 1.82) is 0 Å². The summed E-state index contributed by atoms with van der Waals surface area (Å²) in [6.07, 6.45) is 3.58. The first-order valence-electron chi connectivity index (χ1n) is 3.25. The summed E-state index contributed by atoms with van der Waals surface area (Å²) >= 11 is 7.88. The Bertz CT molecular complexity index is 60.9. The maximum Gasteiger partial charge on any atom is 0.425 e. The molecule has 0 saturated carbocycles. The summed E-state index contributed by atoms with van der Waals surface area (Å²) in [5, 5.41) is 0. The second-order valence-corrected chi connectivity index (χ2v) is 3.25. The fourth-order valence-electron chi connectivity index (χ4n) is 0.541. The second-order valence-electron chi connectivity index (χ2n) is 1.90. The zero-order chi connectivity index (χ0) is 7.11. The summed E-state index contributed by atoms with van der Waals surface area (Å²) < 4.78 is 5.07. The van der Waals surface area contributed by atoms with Gasteiger partial charge in [-0.15, -0.1) is 0 Å². The summed E-state index contributed by atoms with van der Waals surface area (Å²) in [7, 11) is 0. The molecule has 0 aromatic rings. The van der Waals surface area contributed by atoms with Crippen LogP contribution in [0.1, 0.15) is 26.2 Å². The highest BCUT2D eigenvalue weighted by Gasteiger charge is 1.99. The average Bonchev–Trinajstić information content (AvgIpc) is 1.80. The van der Waals surface area contributed by atoms with E-state index in [1.165, 1.54) is 12.8 Å². The van der Waals surface area contributed by atoms with Crippen LogP contribution in [0, 0.1) is 0 Å². The molecule has 0 radical (unpaired) electrons. The quantitative estimate of drug-likeness (QED) is 0.359. The lowest BCUT2D eigenvalue weighted by atomic mass is 10.3. The largest absolute Gasteiger partial charge is 0.425 e. The fraction of sp³-hybridized carbons (Fsp3) is 1.00. The van der Waals surface area contributed by atoms with Crippen molar-refractivity contribution < 1.29 is 4.65 Å². The maximum atomic E-state index is 5.07. The van der Waals surface area contributed by atoms with E-state index in [2.05, 4.69) is 31.9 Å². The highest BCUT2D eigenvalue weighted by molar-refractivity contribution is 8.39. The average molecular weight is 164 g/mol. The minimum atomic E-state index is -0.207. The number of thiol groups is 2. The van der Waals surface area contributed by atoms with Crippen LogP contribution in [-0.2, 0) is 4.65 Å². The first-order valence-corrected chi connectivity index (χ1v) is 4.28. The SMILES string of the molecule is CCCCCOB(S)S. The molecule has 0 atom stereocenters. The standard InChI is InChI=1S/C5H13BOS2/c1-2-3-4-5-7-6(8)9/h8-9H,2-5H2,1H3. The van der Waals surface area contributed by atoms with Crippen molar-refractivity contribution in [2.75, 3.05) is 6.61 Å². The van der Waals surface area contributed by atoms with Gasteiger partial charge in [0.15, 0.2) is 0 Å². The van der Waals surface area contributed by atoms with Gasteiger partial charge >= 0.3 is 5.47 Å². The lowest BCUT2D eigenvalue weighted by Crippen LogP contribution is -2.03. The Morgan fingerprint density at radius 3 is 2.44 bits per heavy atom. The van der Waals surface area contributed by atoms with Gasteiger partial charge in [0.25, 0.3) is 0 Å². The lowest BCUT2D eigenvalue weighted by Gasteiger charge is -2.01. The van der Waals surface area contributed by atoms with Gasteiger partial charge < -0.3 is 4.65 Å². The van der Waals surface area contributed by atoms with Gasteiger partial charge in [-0.25, -0.2) is 0 Å². The van der Waals surface area contributed by atoms with Gasteiger partial charge in [-0.2, -0.15) is 25.0 Å². The van der Waals surface area contributed by atoms with E-state index in [0.717, 1.165) is 13.0 Å². The van der Waals surface area contributed by atoms with E-state index < -0.39 is 0 Å². The molecule has 0 aromatic heterocycles. The monoisotopic (exact) mass is 164 g/mol. The van der Waals surface area contributed by atoms with Crippen LogP contribution < -0.4 is 0 Å². The highest BCUT2D eigenvalue weighted by Crippen LogP contribution is 1.99. The molecule has 9 heavy (non-hydrogen) atoms. The first-order chi connectivity index (χ1) is 4.27. The zero-order valence-corrected chi connectivity index (χ0v) is 7.50. The van der Waals surface area contributed by atoms with E-state index >= 15 is 0 Å². The first kappa shape index (κ1) is 9.72. The van der Waals surface area contributed by atoms with Crippen LogP contribution in [0.15, 0.2) is 0 Å². The van der Waals surface area contributed by atoms with Gasteiger partial charge in [0, 0.05) is 6.61 Å². The third-order valence-corrected chi connectivity index (χ3v) is 1.31. The molecule has 0 unspecified atom stereocenters. The molecule has 0 aromatic carbocycles. The second kappa shape index (κ2) is 6.84. The van der Waals surface area contributed by atoms with E-state index in [4.69, 9.17) is 4.65 Å². The van der Waals surface area contributed by atoms with Crippen molar-refractivity contribution in [1.82, 2.24) is 0 Å². The van der Waals surface area contributed by atoms with Crippen LogP contribution in [0.2, 0.25) is 0 Å². The van der Waals surface area contributed by atoms with Gasteiger partial charge in [-0.05, 0) is 6.42 Å².